The van der Waals surface area contributed by atoms with E-state index in [1.807, 2.05) is 0 Å². The Hall–Kier alpha value is -3.12. The highest BCUT2D eigenvalue weighted by Gasteiger charge is 2.23. The number of rotatable bonds is 4. The summed E-state index contributed by atoms with van der Waals surface area (Å²) in [6.07, 6.45) is 3.24. The van der Waals surface area contributed by atoms with E-state index >= 15 is 0 Å². The molecule has 1 fully saturated rings. The molecule has 0 atom stereocenters. The zero-order chi connectivity index (χ0) is 20.8. The lowest BCUT2D eigenvalue weighted by Crippen LogP contribution is -2.50. The van der Waals surface area contributed by atoms with Gasteiger partial charge in [0, 0.05) is 55.5 Å². The first-order chi connectivity index (χ1) is 14.0. The van der Waals surface area contributed by atoms with Crippen molar-refractivity contribution in [1.29, 1.82) is 0 Å². The molecule has 29 heavy (non-hydrogen) atoms. The summed E-state index contributed by atoms with van der Waals surface area (Å²) in [4.78, 5) is 40.0. The van der Waals surface area contributed by atoms with Crippen molar-refractivity contribution in [3.05, 3.63) is 76.3 Å². The van der Waals surface area contributed by atoms with Crippen molar-refractivity contribution >= 4 is 35.4 Å². The molecular weight excluding hydrogens is 390 g/mol. The molecule has 0 aromatic heterocycles. The molecule has 1 N–H and O–H groups in total. The van der Waals surface area contributed by atoms with Crippen molar-refractivity contribution in [3.8, 4) is 0 Å². The fraction of sp³-hybridized carbons (Fsp3) is 0.227. The predicted octanol–water partition coefficient (Wildman–Crippen LogP) is 2.70. The Morgan fingerprint density at radius 3 is 2.00 bits per heavy atom. The van der Waals surface area contributed by atoms with Crippen LogP contribution in [-0.4, -0.2) is 60.7 Å². The molecule has 3 amide bonds. The SMILES string of the molecule is CNC(=O)c1ccc(/C=C/C(=O)N2CCN(C(=O)c3ccc(Cl)cc3)CC2)cc1. The maximum Gasteiger partial charge on any atom is 0.253 e. The van der Waals surface area contributed by atoms with Gasteiger partial charge in [0.25, 0.3) is 11.8 Å². The monoisotopic (exact) mass is 411 g/mol. The second-order valence-corrected chi connectivity index (χ2v) is 7.10. The Labute approximate surface area is 174 Å². The lowest BCUT2D eigenvalue weighted by molar-refractivity contribution is -0.127. The highest BCUT2D eigenvalue weighted by molar-refractivity contribution is 6.30. The van der Waals surface area contributed by atoms with Crippen LogP contribution >= 0.6 is 11.6 Å². The third kappa shape index (κ3) is 5.23. The average molecular weight is 412 g/mol. The summed E-state index contributed by atoms with van der Waals surface area (Å²) in [6.45, 7) is 1.94. The van der Waals surface area contributed by atoms with Crippen molar-refractivity contribution < 1.29 is 14.4 Å². The number of carbonyl (C=O) groups excluding carboxylic acids is 3. The number of amides is 3. The number of piperazine rings is 1. The third-order valence-electron chi connectivity index (χ3n) is 4.79. The highest BCUT2D eigenvalue weighted by Crippen LogP contribution is 2.14. The van der Waals surface area contributed by atoms with Gasteiger partial charge in [0.05, 0.1) is 0 Å². The lowest BCUT2D eigenvalue weighted by atomic mass is 10.1. The zero-order valence-electron chi connectivity index (χ0n) is 16.1. The molecule has 0 bridgehead atoms. The first-order valence-corrected chi connectivity index (χ1v) is 9.69. The van der Waals surface area contributed by atoms with E-state index in [9.17, 15) is 14.4 Å². The average Bonchev–Trinajstić information content (AvgIpc) is 2.77. The molecule has 1 aliphatic heterocycles. The van der Waals surface area contributed by atoms with Crippen LogP contribution in [0.15, 0.2) is 54.6 Å². The third-order valence-corrected chi connectivity index (χ3v) is 5.04. The van der Waals surface area contributed by atoms with Crippen LogP contribution in [0.2, 0.25) is 5.02 Å². The Morgan fingerprint density at radius 1 is 0.862 bits per heavy atom. The topological polar surface area (TPSA) is 69.7 Å². The number of hydrogen-bond donors (Lipinski definition) is 1. The minimum atomic E-state index is -0.150. The van der Waals surface area contributed by atoms with Gasteiger partial charge in [0.1, 0.15) is 0 Å². The number of benzene rings is 2. The van der Waals surface area contributed by atoms with Gasteiger partial charge in [0.15, 0.2) is 0 Å². The van der Waals surface area contributed by atoms with Crippen molar-refractivity contribution in [2.24, 2.45) is 0 Å². The fourth-order valence-electron chi connectivity index (χ4n) is 3.07. The molecule has 1 saturated heterocycles. The largest absolute Gasteiger partial charge is 0.355 e. The number of nitrogens with one attached hydrogen (secondary N) is 1. The Kier molecular flexibility index (Phi) is 6.67. The lowest BCUT2D eigenvalue weighted by Gasteiger charge is -2.34. The van der Waals surface area contributed by atoms with Crippen LogP contribution in [0.3, 0.4) is 0 Å². The molecule has 3 rings (SSSR count). The number of halogens is 1. The molecule has 2 aromatic carbocycles. The Bertz CT molecular complexity index is 915. The second kappa shape index (κ2) is 9.39. The van der Waals surface area contributed by atoms with Gasteiger partial charge in [-0.25, -0.2) is 0 Å². The van der Waals surface area contributed by atoms with E-state index in [1.54, 1.807) is 71.5 Å². The van der Waals surface area contributed by atoms with E-state index in [0.29, 0.717) is 42.3 Å². The maximum atomic E-state index is 12.5. The minimum absolute atomic E-state index is 0.0551. The summed E-state index contributed by atoms with van der Waals surface area (Å²) < 4.78 is 0. The molecule has 1 heterocycles. The van der Waals surface area contributed by atoms with Gasteiger partial charge in [-0.2, -0.15) is 0 Å². The quantitative estimate of drug-likeness (QED) is 0.786. The molecule has 1 aliphatic rings. The van der Waals surface area contributed by atoms with Crippen LogP contribution in [0.25, 0.3) is 6.08 Å². The van der Waals surface area contributed by atoms with Gasteiger partial charge in [0.2, 0.25) is 5.91 Å². The van der Waals surface area contributed by atoms with Gasteiger partial charge in [-0.05, 0) is 48.0 Å². The molecule has 0 spiro atoms. The number of hydrogen-bond acceptors (Lipinski definition) is 3. The van der Waals surface area contributed by atoms with Gasteiger partial charge in [-0.3, -0.25) is 14.4 Å². The summed E-state index contributed by atoms with van der Waals surface area (Å²) in [7, 11) is 1.58. The standard InChI is InChI=1S/C22H22ClN3O3/c1-24-21(28)17-5-2-16(3-6-17)4-11-20(27)25-12-14-26(15-13-25)22(29)18-7-9-19(23)10-8-18/h2-11H,12-15H2,1H3,(H,24,28)/b11-4+. The molecule has 0 unspecified atom stereocenters. The van der Waals surface area contributed by atoms with Gasteiger partial charge < -0.3 is 15.1 Å². The van der Waals surface area contributed by atoms with E-state index in [0.717, 1.165) is 5.56 Å². The normalized spacial score (nSPS) is 14.1. The van der Waals surface area contributed by atoms with Crippen LogP contribution in [0.1, 0.15) is 26.3 Å². The number of carbonyl (C=O) groups is 3. The van der Waals surface area contributed by atoms with Crippen molar-refractivity contribution in [2.45, 2.75) is 0 Å². The fourth-order valence-corrected chi connectivity index (χ4v) is 3.19. The van der Waals surface area contributed by atoms with Crippen LogP contribution in [-0.2, 0) is 4.79 Å². The minimum Gasteiger partial charge on any atom is -0.355 e. The van der Waals surface area contributed by atoms with Crippen molar-refractivity contribution in [3.63, 3.8) is 0 Å². The molecule has 6 nitrogen and oxygen atoms in total. The van der Waals surface area contributed by atoms with Gasteiger partial charge >= 0.3 is 0 Å². The summed E-state index contributed by atoms with van der Waals surface area (Å²) in [5, 5.41) is 3.16. The molecule has 7 heteroatoms. The van der Waals surface area contributed by atoms with Crippen LogP contribution < -0.4 is 5.32 Å². The zero-order valence-corrected chi connectivity index (χ0v) is 16.9. The maximum absolute atomic E-state index is 12.5. The Morgan fingerprint density at radius 2 is 1.41 bits per heavy atom. The molecule has 0 aliphatic carbocycles. The first-order valence-electron chi connectivity index (χ1n) is 9.32. The number of nitrogens with zero attached hydrogens (tertiary/aromatic N) is 2. The molecule has 150 valence electrons. The molecular formula is C22H22ClN3O3. The smallest absolute Gasteiger partial charge is 0.253 e. The second-order valence-electron chi connectivity index (χ2n) is 6.66. The highest BCUT2D eigenvalue weighted by atomic mass is 35.5. The molecule has 0 radical (unpaired) electrons. The molecule has 0 saturated carbocycles. The predicted molar refractivity (Wildman–Crippen MR) is 113 cm³/mol. The van der Waals surface area contributed by atoms with Gasteiger partial charge in [-0.1, -0.05) is 23.7 Å². The van der Waals surface area contributed by atoms with E-state index in [1.165, 1.54) is 6.08 Å². The van der Waals surface area contributed by atoms with Crippen LogP contribution in [0, 0.1) is 0 Å². The van der Waals surface area contributed by atoms with E-state index in [-0.39, 0.29) is 17.7 Å². The summed E-state index contributed by atoms with van der Waals surface area (Å²) in [5.74, 6) is -0.304. The summed E-state index contributed by atoms with van der Waals surface area (Å²) in [6, 6.07) is 13.8. The van der Waals surface area contributed by atoms with Crippen molar-refractivity contribution in [1.82, 2.24) is 15.1 Å². The van der Waals surface area contributed by atoms with Crippen LogP contribution in [0.4, 0.5) is 0 Å². The van der Waals surface area contributed by atoms with Crippen molar-refractivity contribution in [2.75, 3.05) is 33.2 Å². The van der Waals surface area contributed by atoms with Crippen LogP contribution in [0.5, 0.6) is 0 Å². The first kappa shape index (κ1) is 20.6. The Balaban J connectivity index is 1.53. The summed E-state index contributed by atoms with van der Waals surface area (Å²) >= 11 is 5.86. The van der Waals surface area contributed by atoms with E-state index in [4.69, 9.17) is 11.6 Å². The summed E-state index contributed by atoms with van der Waals surface area (Å²) in [5.41, 5.74) is 1.99. The van der Waals surface area contributed by atoms with E-state index < -0.39 is 0 Å². The van der Waals surface area contributed by atoms with E-state index in [2.05, 4.69) is 5.32 Å². The molecule has 2 aromatic rings. The van der Waals surface area contributed by atoms with Gasteiger partial charge in [-0.15, -0.1) is 0 Å².